The fourth-order valence-electron chi connectivity index (χ4n) is 2.18. The summed E-state index contributed by atoms with van der Waals surface area (Å²) in [6, 6.07) is 4.76. The summed E-state index contributed by atoms with van der Waals surface area (Å²) in [6.07, 6.45) is 0.511. The van der Waals surface area contributed by atoms with Crippen LogP contribution in [-0.4, -0.2) is 24.4 Å². The van der Waals surface area contributed by atoms with Crippen molar-refractivity contribution >= 4 is 0 Å². The van der Waals surface area contributed by atoms with Crippen molar-refractivity contribution in [3.05, 3.63) is 29.6 Å². The molecule has 1 aromatic rings. The molecule has 0 bridgehead atoms. The first kappa shape index (κ1) is 12.3. The fraction of sp³-hybridized carbons (Fsp3) is 0.538. The zero-order valence-corrected chi connectivity index (χ0v) is 10.0. The van der Waals surface area contributed by atoms with Crippen LogP contribution in [0.15, 0.2) is 18.2 Å². The SMILES string of the molecule is COc1cccc(C(O)C2CCC(C)O2)c1F. The maximum Gasteiger partial charge on any atom is 0.170 e. The molecule has 1 heterocycles. The average molecular weight is 240 g/mol. The first-order valence-corrected chi connectivity index (χ1v) is 5.79. The molecule has 0 saturated carbocycles. The van der Waals surface area contributed by atoms with E-state index in [0.29, 0.717) is 0 Å². The Morgan fingerprint density at radius 1 is 1.47 bits per heavy atom. The van der Waals surface area contributed by atoms with Crippen LogP contribution in [0.3, 0.4) is 0 Å². The number of halogens is 1. The zero-order chi connectivity index (χ0) is 12.4. The lowest BCUT2D eigenvalue weighted by molar-refractivity contribution is -0.0311. The second kappa shape index (κ2) is 5.02. The highest BCUT2D eigenvalue weighted by Gasteiger charge is 2.31. The molecule has 1 aromatic carbocycles. The highest BCUT2D eigenvalue weighted by molar-refractivity contribution is 5.32. The molecule has 1 N–H and O–H groups in total. The lowest BCUT2D eigenvalue weighted by Gasteiger charge is -2.19. The first-order chi connectivity index (χ1) is 8.13. The Balaban J connectivity index is 2.21. The highest BCUT2D eigenvalue weighted by Crippen LogP contribution is 2.33. The molecule has 1 fully saturated rings. The Hall–Kier alpha value is -1.13. The van der Waals surface area contributed by atoms with Crippen LogP contribution < -0.4 is 4.74 Å². The minimum absolute atomic E-state index is 0.128. The van der Waals surface area contributed by atoms with E-state index in [1.165, 1.54) is 13.2 Å². The number of methoxy groups -OCH3 is 1. The Morgan fingerprint density at radius 3 is 2.82 bits per heavy atom. The van der Waals surface area contributed by atoms with Crippen LogP contribution in [0.5, 0.6) is 5.75 Å². The molecule has 0 aliphatic carbocycles. The van der Waals surface area contributed by atoms with Crippen molar-refractivity contribution in [1.29, 1.82) is 0 Å². The van der Waals surface area contributed by atoms with Gasteiger partial charge >= 0.3 is 0 Å². The quantitative estimate of drug-likeness (QED) is 0.882. The van der Waals surface area contributed by atoms with Gasteiger partial charge < -0.3 is 14.6 Å². The number of aliphatic hydroxyl groups is 1. The van der Waals surface area contributed by atoms with Crippen molar-refractivity contribution in [2.45, 2.75) is 38.1 Å². The molecule has 1 aliphatic heterocycles. The standard InChI is InChI=1S/C13H17FO3/c1-8-6-7-11(17-8)13(15)9-4-3-5-10(16-2)12(9)14/h3-5,8,11,13,15H,6-7H2,1-2H3. The summed E-state index contributed by atoms with van der Waals surface area (Å²) >= 11 is 0. The summed E-state index contributed by atoms with van der Waals surface area (Å²) in [4.78, 5) is 0. The third-order valence-corrected chi connectivity index (χ3v) is 3.15. The second-order valence-corrected chi connectivity index (χ2v) is 4.37. The van der Waals surface area contributed by atoms with Gasteiger partial charge in [0.05, 0.1) is 19.3 Å². The van der Waals surface area contributed by atoms with E-state index < -0.39 is 11.9 Å². The number of hydrogen-bond donors (Lipinski definition) is 1. The van der Waals surface area contributed by atoms with Crippen LogP contribution in [-0.2, 0) is 4.74 Å². The molecule has 3 nitrogen and oxygen atoms in total. The fourth-order valence-corrected chi connectivity index (χ4v) is 2.18. The number of hydrogen-bond acceptors (Lipinski definition) is 3. The van der Waals surface area contributed by atoms with Gasteiger partial charge in [-0.15, -0.1) is 0 Å². The van der Waals surface area contributed by atoms with Gasteiger partial charge in [0.15, 0.2) is 11.6 Å². The van der Waals surface area contributed by atoms with Crippen molar-refractivity contribution < 1.29 is 19.0 Å². The molecule has 1 aliphatic rings. The predicted molar refractivity (Wildman–Crippen MR) is 61.5 cm³/mol. The van der Waals surface area contributed by atoms with Gasteiger partial charge in [-0.1, -0.05) is 12.1 Å². The smallest absolute Gasteiger partial charge is 0.170 e. The van der Waals surface area contributed by atoms with E-state index in [0.717, 1.165) is 12.8 Å². The van der Waals surface area contributed by atoms with Crippen LogP contribution in [0.1, 0.15) is 31.4 Å². The topological polar surface area (TPSA) is 38.7 Å². The minimum Gasteiger partial charge on any atom is -0.494 e. The van der Waals surface area contributed by atoms with Crippen molar-refractivity contribution in [2.24, 2.45) is 0 Å². The van der Waals surface area contributed by atoms with Gasteiger partial charge in [0.25, 0.3) is 0 Å². The van der Waals surface area contributed by atoms with E-state index in [9.17, 15) is 9.50 Å². The molecule has 3 atom stereocenters. The molecule has 1 saturated heterocycles. The van der Waals surface area contributed by atoms with Gasteiger partial charge in [0, 0.05) is 5.56 Å². The molecule has 17 heavy (non-hydrogen) atoms. The summed E-state index contributed by atoms with van der Waals surface area (Å²) in [7, 11) is 1.41. The zero-order valence-electron chi connectivity index (χ0n) is 10.0. The van der Waals surface area contributed by atoms with Gasteiger partial charge in [0.1, 0.15) is 6.10 Å². The average Bonchev–Trinajstić information content (AvgIpc) is 2.75. The minimum atomic E-state index is -0.935. The monoisotopic (exact) mass is 240 g/mol. The van der Waals surface area contributed by atoms with Crippen LogP contribution in [0, 0.1) is 5.82 Å². The summed E-state index contributed by atoms with van der Waals surface area (Å²) in [5.74, 6) is -0.363. The lowest BCUT2D eigenvalue weighted by atomic mass is 10.0. The van der Waals surface area contributed by atoms with E-state index in [1.54, 1.807) is 12.1 Å². The van der Waals surface area contributed by atoms with E-state index in [2.05, 4.69) is 0 Å². The number of benzene rings is 1. The molecule has 2 rings (SSSR count). The maximum absolute atomic E-state index is 13.9. The molecule has 3 unspecified atom stereocenters. The van der Waals surface area contributed by atoms with Gasteiger partial charge in [-0.2, -0.15) is 0 Å². The van der Waals surface area contributed by atoms with Crippen molar-refractivity contribution in [1.82, 2.24) is 0 Å². The van der Waals surface area contributed by atoms with E-state index in [4.69, 9.17) is 9.47 Å². The van der Waals surface area contributed by atoms with Crippen molar-refractivity contribution in [3.63, 3.8) is 0 Å². The van der Waals surface area contributed by atoms with Gasteiger partial charge in [-0.05, 0) is 25.8 Å². The molecular formula is C13H17FO3. The third-order valence-electron chi connectivity index (χ3n) is 3.15. The summed E-state index contributed by atoms with van der Waals surface area (Å²) < 4.78 is 24.4. The number of ether oxygens (including phenoxy) is 2. The molecule has 0 spiro atoms. The third kappa shape index (κ3) is 2.42. The van der Waals surface area contributed by atoms with Gasteiger partial charge in [-0.3, -0.25) is 0 Å². The highest BCUT2D eigenvalue weighted by atomic mass is 19.1. The summed E-state index contributed by atoms with van der Waals surface area (Å²) in [5.41, 5.74) is 0.239. The van der Waals surface area contributed by atoms with Crippen LogP contribution >= 0.6 is 0 Å². The predicted octanol–water partition coefficient (Wildman–Crippen LogP) is 2.44. The molecule has 94 valence electrons. The maximum atomic E-state index is 13.9. The Bertz CT molecular complexity index is 394. The molecule has 0 aromatic heterocycles. The Morgan fingerprint density at radius 2 is 2.24 bits per heavy atom. The second-order valence-electron chi connectivity index (χ2n) is 4.37. The number of rotatable bonds is 3. The van der Waals surface area contributed by atoms with Crippen molar-refractivity contribution in [3.8, 4) is 5.75 Å². The van der Waals surface area contributed by atoms with Crippen LogP contribution in [0.25, 0.3) is 0 Å². The molecule has 0 radical (unpaired) electrons. The van der Waals surface area contributed by atoms with E-state index >= 15 is 0 Å². The largest absolute Gasteiger partial charge is 0.494 e. The normalized spacial score (nSPS) is 25.9. The van der Waals surface area contributed by atoms with Crippen molar-refractivity contribution in [2.75, 3.05) is 7.11 Å². The van der Waals surface area contributed by atoms with Crippen LogP contribution in [0.4, 0.5) is 4.39 Å². The molecule has 0 amide bonds. The van der Waals surface area contributed by atoms with E-state index in [-0.39, 0.29) is 23.5 Å². The number of aliphatic hydroxyl groups excluding tert-OH is 1. The van der Waals surface area contributed by atoms with Gasteiger partial charge in [0.2, 0.25) is 0 Å². The molecule has 4 heteroatoms. The summed E-state index contributed by atoms with van der Waals surface area (Å²) in [5, 5.41) is 10.1. The van der Waals surface area contributed by atoms with Gasteiger partial charge in [-0.25, -0.2) is 4.39 Å². The Labute approximate surface area is 100 Å². The van der Waals surface area contributed by atoms with Crippen LogP contribution in [0.2, 0.25) is 0 Å². The summed E-state index contributed by atoms with van der Waals surface area (Å²) in [6.45, 7) is 1.95. The molecular weight excluding hydrogens is 223 g/mol. The van der Waals surface area contributed by atoms with E-state index in [1.807, 2.05) is 6.92 Å². The Kier molecular flexibility index (Phi) is 3.64. The lowest BCUT2D eigenvalue weighted by Crippen LogP contribution is -2.19. The first-order valence-electron chi connectivity index (χ1n) is 5.79.